The second-order valence-corrected chi connectivity index (χ2v) is 9.39. The maximum atomic E-state index is 11.8. The van der Waals surface area contributed by atoms with Gasteiger partial charge in [-0.1, -0.05) is 77.6 Å². The molecule has 0 aromatic carbocycles. The number of alkyl carbamates (subject to hydrolysis) is 1. The van der Waals surface area contributed by atoms with Crippen LogP contribution >= 0.6 is 0 Å². The van der Waals surface area contributed by atoms with E-state index in [1.807, 2.05) is 20.8 Å². The van der Waals surface area contributed by atoms with Gasteiger partial charge in [0.1, 0.15) is 17.8 Å². The zero-order valence-corrected chi connectivity index (χ0v) is 19.0. The zero-order valence-electron chi connectivity index (χ0n) is 19.0. The fourth-order valence-corrected chi connectivity index (χ4v) is 3.56. The molecule has 1 aliphatic rings. The summed E-state index contributed by atoms with van der Waals surface area (Å²) in [5.74, 6) is 0. The fourth-order valence-electron chi connectivity index (χ4n) is 3.56. The molecule has 5 nitrogen and oxygen atoms in total. The van der Waals surface area contributed by atoms with Crippen molar-refractivity contribution >= 4 is 6.09 Å². The molecule has 5 heteroatoms. The number of amides is 1. The molecular weight excluding hydrogens is 354 g/mol. The SMILES string of the molecule is CCCCCCCCCCCCC[C@@H]1O[C@H]1[C@H](O)[C@H](C)NC(=O)OC(C)(C)C. The molecule has 0 aromatic heterocycles. The van der Waals surface area contributed by atoms with Gasteiger partial charge in [-0.25, -0.2) is 4.79 Å². The van der Waals surface area contributed by atoms with E-state index in [2.05, 4.69) is 12.2 Å². The molecule has 0 bridgehead atoms. The highest BCUT2D eigenvalue weighted by molar-refractivity contribution is 5.68. The van der Waals surface area contributed by atoms with Crippen LogP contribution in [-0.4, -0.2) is 41.2 Å². The molecule has 4 atom stereocenters. The Balaban J connectivity index is 1.99. The van der Waals surface area contributed by atoms with Crippen LogP contribution in [0.15, 0.2) is 0 Å². The van der Waals surface area contributed by atoms with Crippen molar-refractivity contribution in [3.8, 4) is 0 Å². The number of carbonyl (C=O) groups excluding carboxylic acids is 1. The van der Waals surface area contributed by atoms with Gasteiger partial charge in [0.2, 0.25) is 0 Å². The molecular formula is C23H45NO4. The first-order valence-corrected chi connectivity index (χ1v) is 11.6. The first kappa shape index (κ1) is 25.2. The van der Waals surface area contributed by atoms with Crippen molar-refractivity contribution in [1.29, 1.82) is 0 Å². The molecule has 1 aliphatic heterocycles. The standard InChI is InChI=1S/C23H45NO4/c1-6-7-8-9-10-11-12-13-14-15-16-17-19-21(27-19)20(25)18(2)24-22(26)28-23(3,4)5/h18-21,25H,6-17H2,1-5H3,(H,24,26)/t18-,19-,20+,21+/m0/s1. The highest BCUT2D eigenvalue weighted by Gasteiger charge is 2.45. The first-order chi connectivity index (χ1) is 13.2. The maximum Gasteiger partial charge on any atom is 0.407 e. The summed E-state index contributed by atoms with van der Waals surface area (Å²) in [5.41, 5.74) is -0.539. The summed E-state index contributed by atoms with van der Waals surface area (Å²) < 4.78 is 10.9. The third-order valence-electron chi connectivity index (χ3n) is 5.31. The Bertz CT molecular complexity index is 421. The molecule has 1 saturated heterocycles. The number of hydrogen-bond acceptors (Lipinski definition) is 4. The minimum atomic E-state index is -0.690. The number of aliphatic hydroxyl groups excluding tert-OH is 1. The summed E-state index contributed by atoms with van der Waals surface area (Å²) in [7, 11) is 0. The van der Waals surface area contributed by atoms with Crippen molar-refractivity contribution in [3.05, 3.63) is 0 Å². The van der Waals surface area contributed by atoms with Gasteiger partial charge >= 0.3 is 6.09 Å². The van der Waals surface area contributed by atoms with Crippen LogP contribution < -0.4 is 5.32 Å². The van der Waals surface area contributed by atoms with E-state index < -0.39 is 17.8 Å². The lowest BCUT2D eigenvalue weighted by atomic mass is 10.0. The Labute approximate surface area is 172 Å². The van der Waals surface area contributed by atoms with Gasteiger partial charge in [0.25, 0.3) is 0 Å². The number of ether oxygens (including phenoxy) is 2. The van der Waals surface area contributed by atoms with Crippen LogP contribution in [0.25, 0.3) is 0 Å². The summed E-state index contributed by atoms with van der Waals surface area (Å²) in [6.07, 6.45) is 14.5. The number of hydrogen-bond donors (Lipinski definition) is 2. The maximum absolute atomic E-state index is 11.8. The molecule has 28 heavy (non-hydrogen) atoms. The number of nitrogens with one attached hydrogen (secondary N) is 1. The van der Waals surface area contributed by atoms with E-state index in [9.17, 15) is 9.90 Å². The highest BCUT2D eigenvalue weighted by Crippen LogP contribution is 2.31. The van der Waals surface area contributed by atoms with Crippen molar-refractivity contribution in [2.24, 2.45) is 0 Å². The van der Waals surface area contributed by atoms with Gasteiger partial charge in [0.15, 0.2) is 0 Å². The van der Waals surface area contributed by atoms with Gasteiger partial charge in [0.05, 0.1) is 12.1 Å². The summed E-state index contributed by atoms with van der Waals surface area (Å²) in [6.45, 7) is 9.51. The highest BCUT2D eigenvalue weighted by atomic mass is 16.6. The Morgan fingerprint density at radius 2 is 1.50 bits per heavy atom. The molecule has 2 N–H and O–H groups in total. The Kier molecular flexibility index (Phi) is 12.1. The van der Waals surface area contributed by atoms with Crippen molar-refractivity contribution < 1.29 is 19.4 Å². The monoisotopic (exact) mass is 399 g/mol. The average Bonchev–Trinajstić information content (AvgIpc) is 3.36. The third-order valence-corrected chi connectivity index (χ3v) is 5.31. The van der Waals surface area contributed by atoms with Crippen LogP contribution in [0, 0.1) is 0 Å². The van der Waals surface area contributed by atoms with Gasteiger partial charge in [-0.3, -0.25) is 0 Å². The second kappa shape index (κ2) is 13.4. The van der Waals surface area contributed by atoms with Crippen LogP contribution in [0.5, 0.6) is 0 Å². The number of epoxide rings is 1. The molecule has 1 fully saturated rings. The fraction of sp³-hybridized carbons (Fsp3) is 0.957. The Hall–Kier alpha value is -0.810. The summed E-state index contributed by atoms with van der Waals surface area (Å²) in [4.78, 5) is 11.8. The summed E-state index contributed by atoms with van der Waals surface area (Å²) >= 11 is 0. The third kappa shape index (κ3) is 11.9. The van der Waals surface area contributed by atoms with Crippen molar-refractivity contribution in [2.75, 3.05) is 0 Å². The predicted molar refractivity (Wildman–Crippen MR) is 115 cm³/mol. The number of rotatable bonds is 15. The number of carbonyl (C=O) groups is 1. The van der Waals surface area contributed by atoms with E-state index in [4.69, 9.17) is 9.47 Å². The van der Waals surface area contributed by atoms with Gasteiger partial charge in [-0.05, 0) is 34.1 Å². The lowest BCUT2D eigenvalue weighted by Gasteiger charge is -2.23. The van der Waals surface area contributed by atoms with Crippen LogP contribution in [0.4, 0.5) is 4.79 Å². The van der Waals surface area contributed by atoms with Crippen LogP contribution in [-0.2, 0) is 9.47 Å². The van der Waals surface area contributed by atoms with Gasteiger partial charge in [0, 0.05) is 0 Å². The van der Waals surface area contributed by atoms with Gasteiger partial charge in [-0.15, -0.1) is 0 Å². The van der Waals surface area contributed by atoms with Gasteiger partial charge in [-0.2, -0.15) is 0 Å². The molecule has 0 unspecified atom stereocenters. The summed E-state index contributed by atoms with van der Waals surface area (Å²) in [6, 6.07) is -0.387. The zero-order chi connectivity index (χ0) is 21.0. The average molecular weight is 400 g/mol. The van der Waals surface area contributed by atoms with Crippen LogP contribution in [0.3, 0.4) is 0 Å². The number of aliphatic hydroxyl groups is 1. The van der Waals surface area contributed by atoms with E-state index in [1.165, 1.54) is 64.2 Å². The van der Waals surface area contributed by atoms with Crippen molar-refractivity contribution in [1.82, 2.24) is 5.32 Å². The molecule has 0 aliphatic carbocycles. The van der Waals surface area contributed by atoms with E-state index in [0.29, 0.717) is 0 Å². The smallest absolute Gasteiger partial charge is 0.407 e. The molecule has 0 radical (unpaired) electrons. The lowest BCUT2D eigenvalue weighted by molar-refractivity contribution is 0.0406. The first-order valence-electron chi connectivity index (χ1n) is 11.6. The Morgan fingerprint density at radius 1 is 1.00 bits per heavy atom. The molecule has 1 amide bonds. The molecule has 0 aromatic rings. The van der Waals surface area contributed by atoms with Crippen molar-refractivity contribution in [3.63, 3.8) is 0 Å². The topological polar surface area (TPSA) is 71.1 Å². The molecule has 1 heterocycles. The van der Waals surface area contributed by atoms with E-state index in [0.717, 1.165) is 12.8 Å². The second-order valence-electron chi connectivity index (χ2n) is 9.39. The van der Waals surface area contributed by atoms with E-state index >= 15 is 0 Å². The largest absolute Gasteiger partial charge is 0.444 e. The van der Waals surface area contributed by atoms with E-state index in [-0.39, 0.29) is 18.2 Å². The quantitative estimate of drug-likeness (QED) is 0.272. The number of unbranched alkanes of at least 4 members (excludes halogenated alkanes) is 10. The van der Waals surface area contributed by atoms with E-state index in [1.54, 1.807) is 6.92 Å². The molecule has 0 spiro atoms. The molecule has 166 valence electrons. The lowest BCUT2D eigenvalue weighted by Crippen LogP contribution is -2.46. The normalized spacial score (nSPS) is 21.2. The molecule has 0 saturated carbocycles. The minimum absolute atomic E-state index is 0.136. The summed E-state index contributed by atoms with van der Waals surface area (Å²) in [5, 5.41) is 13.1. The van der Waals surface area contributed by atoms with Gasteiger partial charge < -0.3 is 19.9 Å². The van der Waals surface area contributed by atoms with Crippen LogP contribution in [0.1, 0.15) is 112 Å². The van der Waals surface area contributed by atoms with Crippen molar-refractivity contribution in [2.45, 2.75) is 142 Å². The Morgan fingerprint density at radius 3 is 2.00 bits per heavy atom. The minimum Gasteiger partial charge on any atom is -0.444 e. The van der Waals surface area contributed by atoms with Crippen LogP contribution in [0.2, 0.25) is 0 Å². The molecule has 1 rings (SSSR count). The predicted octanol–water partition coefficient (Wildman–Crippen LogP) is 5.73.